The molecule has 0 bridgehead atoms. The van der Waals surface area contributed by atoms with Gasteiger partial charge in [-0.25, -0.2) is 0 Å². The molecule has 1 amide bonds. The number of nitrogens with two attached hydrogens (primary N) is 1. The van der Waals surface area contributed by atoms with Gasteiger partial charge in [0.2, 0.25) is 5.91 Å². The van der Waals surface area contributed by atoms with E-state index in [2.05, 4.69) is 14.1 Å². The molecule has 1 atom stereocenters. The first kappa shape index (κ1) is 14.2. The molecule has 3 N–H and O–H groups in total. The number of rotatable bonds is 5. The SMILES string of the molecule is CCCC(CN)C(=O)Nc1c(Cl)ccc2nsnc12. The normalized spacial score (nSPS) is 12.6. The van der Waals surface area contributed by atoms with Crippen LogP contribution in [0, 0.1) is 5.92 Å². The third kappa shape index (κ3) is 3.02. The average molecular weight is 299 g/mol. The summed E-state index contributed by atoms with van der Waals surface area (Å²) in [7, 11) is 0. The molecule has 102 valence electrons. The van der Waals surface area contributed by atoms with Crippen LogP contribution in [0.5, 0.6) is 0 Å². The summed E-state index contributed by atoms with van der Waals surface area (Å²) in [6.07, 6.45) is 1.66. The van der Waals surface area contributed by atoms with Gasteiger partial charge in [-0.15, -0.1) is 0 Å². The predicted octanol–water partition coefficient (Wildman–Crippen LogP) is 2.66. The molecule has 1 unspecified atom stereocenters. The van der Waals surface area contributed by atoms with E-state index in [9.17, 15) is 4.79 Å². The summed E-state index contributed by atoms with van der Waals surface area (Å²) >= 11 is 7.21. The molecule has 0 aliphatic rings. The lowest BCUT2D eigenvalue weighted by Gasteiger charge is -2.14. The molecule has 7 heteroatoms. The summed E-state index contributed by atoms with van der Waals surface area (Å²) in [5.41, 5.74) is 7.49. The molecular formula is C12H15ClN4OS. The van der Waals surface area contributed by atoms with Crippen molar-refractivity contribution >= 4 is 46.0 Å². The second-order valence-corrected chi connectivity index (χ2v) is 5.20. The molecule has 2 rings (SSSR count). The third-order valence-electron chi connectivity index (χ3n) is 2.92. The van der Waals surface area contributed by atoms with Crippen LogP contribution in [0.3, 0.4) is 0 Å². The number of nitrogens with zero attached hydrogens (tertiary/aromatic N) is 2. The number of carbonyl (C=O) groups excluding carboxylic acids is 1. The number of aromatic nitrogens is 2. The molecule has 1 aromatic carbocycles. The Morgan fingerprint density at radius 2 is 2.32 bits per heavy atom. The van der Waals surface area contributed by atoms with Gasteiger partial charge in [0.25, 0.3) is 0 Å². The van der Waals surface area contributed by atoms with Gasteiger partial charge in [0, 0.05) is 6.54 Å². The Balaban J connectivity index is 2.27. The van der Waals surface area contributed by atoms with Gasteiger partial charge >= 0.3 is 0 Å². The van der Waals surface area contributed by atoms with Gasteiger partial charge in [-0.3, -0.25) is 4.79 Å². The molecule has 0 radical (unpaired) electrons. The van der Waals surface area contributed by atoms with Crippen molar-refractivity contribution in [3.05, 3.63) is 17.2 Å². The molecular weight excluding hydrogens is 284 g/mol. The maximum atomic E-state index is 12.2. The van der Waals surface area contributed by atoms with Gasteiger partial charge in [0.05, 0.1) is 28.4 Å². The number of anilines is 1. The van der Waals surface area contributed by atoms with Crippen LogP contribution < -0.4 is 11.1 Å². The highest BCUT2D eigenvalue weighted by atomic mass is 35.5. The van der Waals surface area contributed by atoms with Crippen molar-refractivity contribution in [2.75, 3.05) is 11.9 Å². The lowest BCUT2D eigenvalue weighted by atomic mass is 10.0. The molecule has 2 aromatic rings. The van der Waals surface area contributed by atoms with Gasteiger partial charge in [0.15, 0.2) is 0 Å². The molecule has 0 aliphatic carbocycles. The predicted molar refractivity (Wildman–Crippen MR) is 78.5 cm³/mol. The lowest BCUT2D eigenvalue weighted by molar-refractivity contribution is -0.119. The molecule has 1 heterocycles. The van der Waals surface area contributed by atoms with E-state index in [1.165, 1.54) is 0 Å². The fourth-order valence-corrected chi connectivity index (χ4v) is 2.62. The van der Waals surface area contributed by atoms with E-state index in [0.717, 1.165) is 30.1 Å². The van der Waals surface area contributed by atoms with Crippen LogP contribution in [0.2, 0.25) is 5.02 Å². The Hall–Kier alpha value is -1.24. The van der Waals surface area contributed by atoms with Crippen molar-refractivity contribution in [1.29, 1.82) is 0 Å². The fourth-order valence-electron chi connectivity index (χ4n) is 1.88. The summed E-state index contributed by atoms with van der Waals surface area (Å²) < 4.78 is 8.29. The summed E-state index contributed by atoms with van der Waals surface area (Å²) in [4.78, 5) is 12.2. The Bertz CT molecular complexity index is 586. The minimum Gasteiger partial charge on any atom is -0.330 e. The van der Waals surface area contributed by atoms with Crippen LogP contribution in [0.25, 0.3) is 11.0 Å². The van der Waals surface area contributed by atoms with Crippen LogP contribution in [0.1, 0.15) is 19.8 Å². The Labute approximate surface area is 120 Å². The number of hydrogen-bond donors (Lipinski definition) is 2. The smallest absolute Gasteiger partial charge is 0.228 e. The quantitative estimate of drug-likeness (QED) is 0.889. The zero-order valence-corrected chi connectivity index (χ0v) is 12.1. The second-order valence-electron chi connectivity index (χ2n) is 4.26. The molecule has 0 spiro atoms. The third-order valence-corrected chi connectivity index (χ3v) is 3.78. The highest BCUT2D eigenvalue weighted by molar-refractivity contribution is 7.00. The van der Waals surface area contributed by atoms with Crippen LogP contribution in [-0.4, -0.2) is 21.2 Å². The van der Waals surface area contributed by atoms with Crippen LogP contribution in [-0.2, 0) is 4.79 Å². The first-order valence-electron chi connectivity index (χ1n) is 6.09. The number of nitrogens with one attached hydrogen (secondary N) is 1. The van der Waals surface area contributed by atoms with E-state index in [0.29, 0.717) is 22.8 Å². The van der Waals surface area contributed by atoms with Crippen LogP contribution in [0.15, 0.2) is 12.1 Å². The molecule has 0 saturated carbocycles. The fraction of sp³-hybridized carbons (Fsp3) is 0.417. The largest absolute Gasteiger partial charge is 0.330 e. The van der Waals surface area contributed by atoms with Crippen molar-refractivity contribution in [2.45, 2.75) is 19.8 Å². The number of amides is 1. The Morgan fingerprint density at radius 1 is 1.53 bits per heavy atom. The topological polar surface area (TPSA) is 80.9 Å². The van der Waals surface area contributed by atoms with E-state index < -0.39 is 0 Å². The summed E-state index contributed by atoms with van der Waals surface area (Å²) in [5.74, 6) is -0.324. The highest BCUT2D eigenvalue weighted by Gasteiger charge is 2.19. The number of fused-ring (bicyclic) bond motifs is 1. The van der Waals surface area contributed by atoms with Crippen LogP contribution >= 0.6 is 23.3 Å². The van der Waals surface area contributed by atoms with E-state index in [1.54, 1.807) is 12.1 Å². The van der Waals surface area contributed by atoms with Crippen molar-refractivity contribution in [2.24, 2.45) is 11.7 Å². The number of halogens is 1. The maximum Gasteiger partial charge on any atom is 0.228 e. The first-order chi connectivity index (χ1) is 9.17. The van der Waals surface area contributed by atoms with E-state index in [-0.39, 0.29) is 11.8 Å². The van der Waals surface area contributed by atoms with Gasteiger partial charge in [0.1, 0.15) is 11.0 Å². The Morgan fingerprint density at radius 3 is 3.00 bits per heavy atom. The van der Waals surface area contributed by atoms with Crippen LogP contribution in [0.4, 0.5) is 5.69 Å². The molecule has 0 saturated heterocycles. The molecule has 19 heavy (non-hydrogen) atoms. The number of hydrogen-bond acceptors (Lipinski definition) is 5. The summed E-state index contributed by atoms with van der Waals surface area (Å²) in [5, 5.41) is 3.29. The molecule has 5 nitrogen and oxygen atoms in total. The molecule has 0 aliphatic heterocycles. The van der Waals surface area contributed by atoms with Gasteiger partial charge < -0.3 is 11.1 Å². The van der Waals surface area contributed by atoms with E-state index >= 15 is 0 Å². The zero-order chi connectivity index (χ0) is 13.8. The number of benzene rings is 1. The first-order valence-corrected chi connectivity index (χ1v) is 7.19. The molecule has 0 fully saturated rings. The van der Waals surface area contributed by atoms with E-state index in [1.807, 2.05) is 6.92 Å². The Kier molecular flexibility index (Phi) is 4.68. The second kappa shape index (κ2) is 6.27. The van der Waals surface area contributed by atoms with Crippen molar-refractivity contribution in [3.8, 4) is 0 Å². The minimum atomic E-state index is -0.206. The monoisotopic (exact) mass is 298 g/mol. The lowest BCUT2D eigenvalue weighted by Crippen LogP contribution is -2.29. The van der Waals surface area contributed by atoms with E-state index in [4.69, 9.17) is 17.3 Å². The van der Waals surface area contributed by atoms with Crippen molar-refractivity contribution < 1.29 is 4.79 Å². The summed E-state index contributed by atoms with van der Waals surface area (Å²) in [6.45, 7) is 2.34. The zero-order valence-electron chi connectivity index (χ0n) is 10.5. The minimum absolute atomic E-state index is 0.119. The van der Waals surface area contributed by atoms with Crippen molar-refractivity contribution in [1.82, 2.24) is 8.75 Å². The van der Waals surface area contributed by atoms with Gasteiger partial charge in [-0.05, 0) is 18.6 Å². The average Bonchev–Trinajstić information content (AvgIpc) is 2.87. The maximum absolute atomic E-state index is 12.2. The number of carbonyl (C=O) groups is 1. The van der Waals surface area contributed by atoms with Gasteiger partial charge in [-0.2, -0.15) is 8.75 Å². The van der Waals surface area contributed by atoms with Crippen molar-refractivity contribution in [3.63, 3.8) is 0 Å². The highest BCUT2D eigenvalue weighted by Crippen LogP contribution is 2.30. The standard InChI is InChI=1S/C12H15ClN4OS/c1-2-3-7(6-14)12(18)15-10-8(13)4-5-9-11(10)17-19-16-9/h4-5,7H,2-3,6,14H2,1H3,(H,15,18). The molecule has 1 aromatic heterocycles. The van der Waals surface area contributed by atoms with Gasteiger partial charge in [-0.1, -0.05) is 24.9 Å². The summed E-state index contributed by atoms with van der Waals surface area (Å²) in [6, 6.07) is 3.49.